The van der Waals surface area contributed by atoms with Gasteiger partial charge in [-0.25, -0.2) is 0 Å². The third-order valence-corrected chi connectivity index (χ3v) is 5.95. The number of piperazine rings is 1. The molecule has 1 aliphatic rings. The first-order valence-corrected chi connectivity index (χ1v) is 12.3. The molecule has 1 unspecified atom stereocenters. The lowest BCUT2D eigenvalue weighted by atomic mass is 9.94. The highest BCUT2D eigenvalue weighted by molar-refractivity contribution is 5.79. The molecule has 1 aromatic carbocycles. The summed E-state index contributed by atoms with van der Waals surface area (Å²) in [5.41, 5.74) is 1.27. The fraction of sp³-hybridized carbons (Fsp3) is 0.720. The van der Waals surface area contributed by atoms with Crippen molar-refractivity contribution >= 4 is 11.6 Å². The number of aliphatic hydroxyl groups is 1. The number of hydrogen-bond donors (Lipinski definition) is 3. The van der Waals surface area contributed by atoms with E-state index in [2.05, 4.69) is 53.3 Å². The van der Waals surface area contributed by atoms with Gasteiger partial charge in [-0.2, -0.15) is 0 Å². The average molecular weight is 448 g/mol. The van der Waals surface area contributed by atoms with Crippen molar-refractivity contribution < 1.29 is 9.84 Å². The van der Waals surface area contributed by atoms with Gasteiger partial charge in [-0.3, -0.25) is 9.89 Å². The van der Waals surface area contributed by atoms with E-state index in [0.717, 1.165) is 83.3 Å². The molecule has 3 N–H and O–H groups in total. The number of hydrogen-bond acceptors (Lipinski definition) is 5. The van der Waals surface area contributed by atoms with E-state index in [1.165, 1.54) is 5.69 Å². The van der Waals surface area contributed by atoms with Gasteiger partial charge in [0.1, 0.15) is 5.75 Å². The third kappa shape index (κ3) is 9.65. The normalized spacial score (nSPS) is 16.3. The van der Waals surface area contributed by atoms with Crippen LogP contribution in [0.25, 0.3) is 0 Å². The number of aliphatic imine (C=N–C) groups is 1. The molecule has 0 spiro atoms. The maximum Gasteiger partial charge on any atom is 0.191 e. The largest absolute Gasteiger partial charge is 0.497 e. The van der Waals surface area contributed by atoms with Gasteiger partial charge in [0.25, 0.3) is 0 Å². The van der Waals surface area contributed by atoms with Gasteiger partial charge in [-0.15, -0.1) is 0 Å². The molecule has 0 bridgehead atoms. The third-order valence-electron chi connectivity index (χ3n) is 5.95. The van der Waals surface area contributed by atoms with Crippen LogP contribution in [0, 0.1) is 11.8 Å². The van der Waals surface area contributed by atoms with Crippen molar-refractivity contribution in [3.8, 4) is 5.75 Å². The Morgan fingerprint density at radius 2 is 1.84 bits per heavy atom. The van der Waals surface area contributed by atoms with Crippen LogP contribution in [0.4, 0.5) is 5.69 Å². The Bertz CT molecular complexity index is 642. The average Bonchev–Trinajstić information content (AvgIpc) is 2.80. The topological polar surface area (TPSA) is 72.4 Å². The van der Waals surface area contributed by atoms with E-state index in [4.69, 9.17) is 9.73 Å². The Morgan fingerprint density at radius 1 is 1.12 bits per heavy atom. The van der Waals surface area contributed by atoms with Crippen LogP contribution in [0.1, 0.15) is 40.0 Å². The molecule has 0 amide bonds. The number of anilines is 1. The van der Waals surface area contributed by atoms with Gasteiger partial charge >= 0.3 is 0 Å². The fourth-order valence-corrected chi connectivity index (χ4v) is 4.23. The summed E-state index contributed by atoms with van der Waals surface area (Å²) in [6.45, 7) is 14.7. The highest BCUT2D eigenvalue weighted by atomic mass is 16.5. The van der Waals surface area contributed by atoms with Crippen molar-refractivity contribution in [3.63, 3.8) is 0 Å². The molecule has 182 valence electrons. The standard InChI is InChI=1S/C25H45N5O2/c1-5-26-25(28-20-22(11-18-31)19-21(2)3)27-12-6-13-29-14-16-30(17-15-29)23-7-9-24(32-4)10-8-23/h7-10,21-22,31H,5-6,11-20H2,1-4H3,(H2,26,27,28). The van der Waals surface area contributed by atoms with Crippen LogP contribution >= 0.6 is 0 Å². The molecule has 32 heavy (non-hydrogen) atoms. The summed E-state index contributed by atoms with van der Waals surface area (Å²) in [6.07, 6.45) is 3.02. The van der Waals surface area contributed by atoms with E-state index in [0.29, 0.717) is 11.8 Å². The van der Waals surface area contributed by atoms with Crippen molar-refractivity contribution in [1.29, 1.82) is 0 Å². The molecule has 7 heteroatoms. The molecule has 1 atom stereocenters. The summed E-state index contributed by atoms with van der Waals surface area (Å²) < 4.78 is 5.26. The molecule has 2 rings (SSSR count). The van der Waals surface area contributed by atoms with Crippen LogP contribution < -0.4 is 20.3 Å². The molecule has 0 radical (unpaired) electrons. The zero-order chi connectivity index (χ0) is 23.2. The van der Waals surface area contributed by atoms with Gasteiger partial charge in [-0.1, -0.05) is 13.8 Å². The smallest absolute Gasteiger partial charge is 0.191 e. The van der Waals surface area contributed by atoms with E-state index in [1.807, 2.05) is 12.1 Å². The van der Waals surface area contributed by atoms with E-state index >= 15 is 0 Å². The summed E-state index contributed by atoms with van der Waals surface area (Å²) in [5, 5.41) is 16.2. The summed E-state index contributed by atoms with van der Waals surface area (Å²) >= 11 is 0. The molecule has 0 saturated carbocycles. The molecule has 1 saturated heterocycles. The monoisotopic (exact) mass is 447 g/mol. The second-order valence-electron chi connectivity index (χ2n) is 9.03. The number of ether oxygens (including phenoxy) is 1. The van der Waals surface area contributed by atoms with Gasteiger partial charge in [0.2, 0.25) is 0 Å². The molecule has 0 aliphatic carbocycles. The fourth-order valence-electron chi connectivity index (χ4n) is 4.23. The molecular weight excluding hydrogens is 402 g/mol. The Morgan fingerprint density at radius 3 is 2.44 bits per heavy atom. The van der Waals surface area contributed by atoms with Crippen molar-refractivity contribution in [3.05, 3.63) is 24.3 Å². The minimum atomic E-state index is 0.239. The molecule has 0 aromatic heterocycles. The molecular formula is C25H45N5O2. The zero-order valence-electron chi connectivity index (χ0n) is 20.6. The van der Waals surface area contributed by atoms with E-state index in [1.54, 1.807) is 7.11 Å². The Hall–Kier alpha value is -1.99. The molecule has 1 heterocycles. The summed E-state index contributed by atoms with van der Waals surface area (Å²) in [5.74, 6) is 2.87. The second-order valence-corrected chi connectivity index (χ2v) is 9.03. The number of guanidine groups is 1. The van der Waals surface area contributed by atoms with Crippen molar-refractivity contribution in [2.24, 2.45) is 16.8 Å². The molecule has 1 fully saturated rings. The van der Waals surface area contributed by atoms with E-state index < -0.39 is 0 Å². The summed E-state index contributed by atoms with van der Waals surface area (Å²) in [7, 11) is 1.71. The van der Waals surface area contributed by atoms with Crippen LogP contribution in [-0.4, -0.2) is 82.0 Å². The summed E-state index contributed by atoms with van der Waals surface area (Å²) in [6, 6.07) is 8.36. The van der Waals surface area contributed by atoms with Crippen molar-refractivity contribution in [2.45, 2.75) is 40.0 Å². The van der Waals surface area contributed by atoms with Crippen molar-refractivity contribution in [2.75, 3.05) is 71.0 Å². The van der Waals surface area contributed by atoms with Crippen LogP contribution in [0.3, 0.4) is 0 Å². The van der Waals surface area contributed by atoms with Crippen LogP contribution in [0.2, 0.25) is 0 Å². The molecule has 1 aromatic rings. The number of rotatable bonds is 13. The number of nitrogens with zero attached hydrogens (tertiary/aromatic N) is 3. The Balaban J connectivity index is 1.69. The SMILES string of the molecule is CCNC(=NCC(CCO)CC(C)C)NCCCN1CCN(c2ccc(OC)cc2)CC1. The minimum absolute atomic E-state index is 0.239. The van der Waals surface area contributed by atoms with Crippen LogP contribution in [-0.2, 0) is 0 Å². The van der Waals surface area contributed by atoms with Crippen molar-refractivity contribution in [1.82, 2.24) is 15.5 Å². The zero-order valence-corrected chi connectivity index (χ0v) is 20.6. The minimum Gasteiger partial charge on any atom is -0.497 e. The van der Waals surface area contributed by atoms with Gasteiger partial charge in [0.15, 0.2) is 5.96 Å². The summed E-state index contributed by atoms with van der Waals surface area (Å²) in [4.78, 5) is 9.78. The Labute approximate surface area is 195 Å². The molecule has 7 nitrogen and oxygen atoms in total. The number of nitrogens with one attached hydrogen (secondary N) is 2. The first-order chi connectivity index (χ1) is 15.5. The van der Waals surface area contributed by atoms with Gasteiger partial charge in [0, 0.05) is 58.1 Å². The number of methoxy groups -OCH3 is 1. The predicted molar refractivity (Wildman–Crippen MR) is 135 cm³/mol. The second kappa shape index (κ2) is 15.0. The first kappa shape index (κ1) is 26.3. The number of benzene rings is 1. The van der Waals surface area contributed by atoms with E-state index in [-0.39, 0.29) is 6.61 Å². The van der Waals surface area contributed by atoms with E-state index in [9.17, 15) is 5.11 Å². The Kier molecular flexibility index (Phi) is 12.3. The lowest BCUT2D eigenvalue weighted by molar-refractivity contribution is 0.245. The highest BCUT2D eigenvalue weighted by Gasteiger charge is 2.17. The highest BCUT2D eigenvalue weighted by Crippen LogP contribution is 2.20. The van der Waals surface area contributed by atoms with Gasteiger partial charge in [-0.05, 0) is 68.8 Å². The number of aliphatic hydroxyl groups excluding tert-OH is 1. The van der Waals surface area contributed by atoms with Crippen LogP contribution in [0.5, 0.6) is 5.75 Å². The van der Waals surface area contributed by atoms with Crippen LogP contribution in [0.15, 0.2) is 29.3 Å². The lowest BCUT2D eigenvalue weighted by Crippen LogP contribution is -2.47. The van der Waals surface area contributed by atoms with Gasteiger partial charge in [0.05, 0.1) is 7.11 Å². The first-order valence-electron chi connectivity index (χ1n) is 12.3. The quantitative estimate of drug-likeness (QED) is 0.245. The predicted octanol–water partition coefficient (Wildman–Crippen LogP) is 2.81. The maximum absolute atomic E-state index is 9.33. The lowest BCUT2D eigenvalue weighted by Gasteiger charge is -2.36. The maximum atomic E-state index is 9.33. The molecule has 1 aliphatic heterocycles. The van der Waals surface area contributed by atoms with Gasteiger partial charge < -0.3 is 25.4 Å².